The van der Waals surface area contributed by atoms with Crippen molar-refractivity contribution in [3.63, 3.8) is 0 Å². The molecule has 0 saturated heterocycles. The van der Waals surface area contributed by atoms with E-state index in [2.05, 4.69) is 17.0 Å². The predicted molar refractivity (Wildman–Crippen MR) is 87.5 cm³/mol. The number of sulfonamides is 1. The fourth-order valence-electron chi connectivity index (χ4n) is 4.32. The van der Waals surface area contributed by atoms with Gasteiger partial charge in [-0.05, 0) is 57.1 Å². The molecule has 2 N–H and O–H groups in total. The molecule has 2 fully saturated rings. The summed E-state index contributed by atoms with van der Waals surface area (Å²) in [6, 6.07) is 1.55. The molecule has 7 heteroatoms. The number of aromatic nitrogens is 1. The number of nitrogens with zero attached hydrogens (tertiary/aromatic N) is 1. The lowest BCUT2D eigenvalue weighted by atomic mass is 9.84. The van der Waals surface area contributed by atoms with Crippen molar-refractivity contribution in [1.29, 1.82) is 0 Å². The number of nitrogens with one attached hydrogen (secondary N) is 2. The summed E-state index contributed by atoms with van der Waals surface area (Å²) < 4.78 is 27.5. The Bertz CT molecular complexity index is 710. The molecule has 0 unspecified atom stereocenters. The van der Waals surface area contributed by atoms with Crippen LogP contribution in [0.25, 0.3) is 0 Å². The summed E-state index contributed by atoms with van der Waals surface area (Å²) in [6.07, 6.45) is 6.59. The standard InChI is InChI=1S/C16H25N3O3S/c1-10(14-7-11-4-5-12(14)6-11)18-16(20)15-8-13(9-19(15)3)23(21,22)17-2/h8-12,14,17H,4-7H2,1-3H3,(H,18,20)/t10-,11+,12+,14-/m1/s1. The molecule has 0 spiro atoms. The zero-order valence-electron chi connectivity index (χ0n) is 13.9. The van der Waals surface area contributed by atoms with E-state index >= 15 is 0 Å². The maximum Gasteiger partial charge on any atom is 0.268 e. The molecule has 0 radical (unpaired) electrons. The molecule has 23 heavy (non-hydrogen) atoms. The second-order valence-electron chi connectivity index (χ2n) is 6.98. The Morgan fingerprint density at radius 2 is 2.09 bits per heavy atom. The van der Waals surface area contributed by atoms with E-state index in [1.165, 1.54) is 45.0 Å². The third-order valence-corrected chi connectivity index (χ3v) is 6.97. The van der Waals surface area contributed by atoms with Gasteiger partial charge in [-0.3, -0.25) is 4.79 Å². The van der Waals surface area contributed by atoms with Crippen LogP contribution in [0, 0.1) is 17.8 Å². The zero-order chi connectivity index (χ0) is 16.8. The van der Waals surface area contributed by atoms with Crippen LogP contribution in [0.5, 0.6) is 0 Å². The number of carbonyl (C=O) groups is 1. The van der Waals surface area contributed by atoms with Crippen molar-refractivity contribution in [2.75, 3.05) is 7.05 Å². The zero-order valence-corrected chi connectivity index (χ0v) is 14.7. The lowest BCUT2D eigenvalue weighted by molar-refractivity contribution is 0.0907. The van der Waals surface area contributed by atoms with Crippen molar-refractivity contribution in [3.8, 4) is 0 Å². The Balaban J connectivity index is 1.71. The van der Waals surface area contributed by atoms with Crippen molar-refractivity contribution < 1.29 is 13.2 Å². The van der Waals surface area contributed by atoms with E-state index in [4.69, 9.17) is 0 Å². The highest BCUT2D eigenvalue weighted by Crippen LogP contribution is 2.49. The molecule has 1 heterocycles. The SMILES string of the molecule is CNS(=O)(=O)c1cc(C(=O)N[C@H](C)[C@H]2C[C@H]3CC[C@H]2C3)n(C)c1. The van der Waals surface area contributed by atoms with Crippen LogP contribution in [-0.2, 0) is 17.1 Å². The van der Waals surface area contributed by atoms with Crippen LogP contribution in [-0.4, -0.2) is 32.0 Å². The quantitative estimate of drug-likeness (QED) is 0.853. The topological polar surface area (TPSA) is 80.2 Å². The third kappa shape index (κ3) is 3.04. The Morgan fingerprint density at radius 1 is 1.35 bits per heavy atom. The first-order valence-corrected chi connectivity index (χ1v) is 9.71. The summed E-state index contributed by atoms with van der Waals surface area (Å²) in [7, 11) is -0.489. The first-order valence-electron chi connectivity index (χ1n) is 8.22. The monoisotopic (exact) mass is 339 g/mol. The Hall–Kier alpha value is -1.34. The summed E-state index contributed by atoms with van der Waals surface area (Å²) in [5, 5.41) is 3.07. The van der Waals surface area contributed by atoms with Crippen molar-refractivity contribution in [2.24, 2.45) is 24.8 Å². The van der Waals surface area contributed by atoms with Gasteiger partial charge in [-0.2, -0.15) is 0 Å². The molecule has 2 aliphatic rings. The molecule has 1 aromatic rings. The van der Waals surface area contributed by atoms with Gasteiger partial charge in [-0.15, -0.1) is 0 Å². The highest BCUT2D eigenvalue weighted by molar-refractivity contribution is 7.89. The number of amides is 1. The number of carbonyl (C=O) groups excluding carboxylic acids is 1. The molecular formula is C16H25N3O3S. The first-order chi connectivity index (χ1) is 10.8. The van der Waals surface area contributed by atoms with E-state index < -0.39 is 10.0 Å². The second kappa shape index (κ2) is 5.94. The van der Waals surface area contributed by atoms with Crippen LogP contribution in [0.2, 0.25) is 0 Å². The summed E-state index contributed by atoms with van der Waals surface area (Å²) in [5.41, 5.74) is 0.369. The molecule has 3 rings (SSSR count). The van der Waals surface area contributed by atoms with Gasteiger partial charge < -0.3 is 9.88 Å². The van der Waals surface area contributed by atoms with E-state index in [-0.39, 0.29) is 16.8 Å². The van der Waals surface area contributed by atoms with Gasteiger partial charge in [0.05, 0.1) is 0 Å². The van der Waals surface area contributed by atoms with Gasteiger partial charge in [0.25, 0.3) is 5.91 Å². The minimum atomic E-state index is -3.54. The van der Waals surface area contributed by atoms with Crippen molar-refractivity contribution >= 4 is 15.9 Å². The number of aryl methyl sites for hydroxylation is 1. The Kier molecular flexibility index (Phi) is 4.27. The van der Waals surface area contributed by atoms with Gasteiger partial charge in [0.1, 0.15) is 10.6 Å². The summed E-state index contributed by atoms with van der Waals surface area (Å²) in [6.45, 7) is 2.07. The van der Waals surface area contributed by atoms with Crippen molar-refractivity contribution in [1.82, 2.24) is 14.6 Å². The van der Waals surface area contributed by atoms with E-state index in [1.807, 2.05) is 0 Å². The molecule has 0 aliphatic heterocycles. The van der Waals surface area contributed by atoms with Crippen LogP contribution in [0.3, 0.4) is 0 Å². The highest BCUT2D eigenvalue weighted by atomic mass is 32.2. The largest absolute Gasteiger partial charge is 0.348 e. The fraction of sp³-hybridized carbons (Fsp3) is 0.688. The molecular weight excluding hydrogens is 314 g/mol. The van der Waals surface area contributed by atoms with E-state index in [0.717, 1.165) is 11.8 Å². The Labute approximate surface area is 137 Å². The fourth-order valence-corrected chi connectivity index (χ4v) is 5.12. The van der Waals surface area contributed by atoms with Gasteiger partial charge in [0.15, 0.2) is 0 Å². The van der Waals surface area contributed by atoms with Crippen LogP contribution in [0.4, 0.5) is 0 Å². The lowest BCUT2D eigenvalue weighted by Crippen LogP contribution is -2.40. The maximum absolute atomic E-state index is 12.5. The molecule has 0 aromatic carbocycles. The molecule has 128 valence electrons. The number of hydrogen-bond donors (Lipinski definition) is 2. The van der Waals surface area contributed by atoms with Crippen LogP contribution in [0.1, 0.15) is 43.1 Å². The van der Waals surface area contributed by atoms with Crippen molar-refractivity contribution in [2.45, 2.75) is 43.5 Å². The molecule has 2 bridgehead atoms. The first kappa shape index (κ1) is 16.5. The highest BCUT2D eigenvalue weighted by Gasteiger charge is 2.42. The van der Waals surface area contributed by atoms with E-state index in [1.54, 1.807) is 11.6 Å². The lowest BCUT2D eigenvalue weighted by Gasteiger charge is -2.28. The van der Waals surface area contributed by atoms with E-state index in [0.29, 0.717) is 11.6 Å². The van der Waals surface area contributed by atoms with Gasteiger partial charge >= 0.3 is 0 Å². The van der Waals surface area contributed by atoms with Gasteiger partial charge in [-0.1, -0.05) is 6.42 Å². The van der Waals surface area contributed by atoms with Gasteiger partial charge in [-0.25, -0.2) is 13.1 Å². The number of fused-ring (bicyclic) bond motifs is 2. The van der Waals surface area contributed by atoms with Crippen LogP contribution < -0.4 is 10.0 Å². The molecule has 2 aliphatic carbocycles. The number of rotatable bonds is 5. The third-order valence-electron chi connectivity index (χ3n) is 5.59. The summed E-state index contributed by atoms with van der Waals surface area (Å²) in [4.78, 5) is 12.6. The van der Waals surface area contributed by atoms with Crippen LogP contribution >= 0.6 is 0 Å². The van der Waals surface area contributed by atoms with Gasteiger partial charge in [0, 0.05) is 19.3 Å². The summed E-state index contributed by atoms with van der Waals surface area (Å²) in [5.74, 6) is 1.93. The predicted octanol–water partition coefficient (Wildman–Crippen LogP) is 1.49. The molecule has 1 amide bonds. The van der Waals surface area contributed by atoms with Crippen molar-refractivity contribution in [3.05, 3.63) is 18.0 Å². The second-order valence-corrected chi connectivity index (χ2v) is 8.87. The molecule has 4 atom stereocenters. The van der Waals surface area contributed by atoms with Crippen LogP contribution in [0.15, 0.2) is 17.2 Å². The Morgan fingerprint density at radius 3 is 2.65 bits per heavy atom. The maximum atomic E-state index is 12.5. The average molecular weight is 339 g/mol. The normalized spacial score (nSPS) is 28.0. The number of hydrogen-bond acceptors (Lipinski definition) is 3. The van der Waals surface area contributed by atoms with E-state index in [9.17, 15) is 13.2 Å². The minimum Gasteiger partial charge on any atom is -0.348 e. The minimum absolute atomic E-state index is 0.111. The average Bonchev–Trinajstić information content (AvgIpc) is 3.21. The summed E-state index contributed by atoms with van der Waals surface area (Å²) >= 11 is 0. The molecule has 1 aromatic heterocycles. The smallest absolute Gasteiger partial charge is 0.268 e. The van der Waals surface area contributed by atoms with Gasteiger partial charge in [0.2, 0.25) is 10.0 Å². The molecule has 2 saturated carbocycles. The molecule has 6 nitrogen and oxygen atoms in total.